The number of ether oxygens (including phenoxy) is 1. The number of urea groups is 1. The van der Waals surface area contributed by atoms with Gasteiger partial charge in [0, 0.05) is 11.6 Å². The highest BCUT2D eigenvalue weighted by Crippen LogP contribution is 2.31. The molecule has 33 heavy (non-hydrogen) atoms. The van der Waals surface area contributed by atoms with Gasteiger partial charge < -0.3 is 10.1 Å². The molecule has 1 aliphatic heterocycles. The molecule has 1 heterocycles. The van der Waals surface area contributed by atoms with E-state index >= 15 is 0 Å². The maximum Gasteiger partial charge on any atom is 0.387 e. The molecule has 0 bridgehead atoms. The molecule has 5 nitrogen and oxygen atoms in total. The van der Waals surface area contributed by atoms with Gasteiger partial charge in [0.15, 0.2) is 0 Å². The Morgan fingerprint density at radius 2 is 1.76 bits per heavy atom. The van der Waals surface area contributed by atoms with Crippen LogP contribution in [0.15, 0.2) is 77.9 Å². The molecule has 3 aromatic carbocycles. The number of hydrogen-bond acceptors (Lipinski definition) is 3. The van der Waals surface area contributed by atoms with Crippen LogP contribution in [0.25, 0.3) is 0 Å². The summed E-state index contributed by atoms with van der Waals surface area (Å²) in [6, 6.07) is 21.9. The van der Waals surface area contributed by atoms with Gasteiger partial charge in [-0.05, 0) is 77.9 Å². The fourth-order valence-corrected chi connectivity index (χ4v) is 4.48. The van der Waals surface area contributed by atoms with Crippen molar-refractivity contribution >= 4 is 17.4 Å². The van der Waals surface area contributed by atoms with Crippen molar-refractivity contribution in [2.75, 3.05) is 11.9 Å². The number of alkyl halides is 2. The highest BCUT2D eigenvalue weighted by Gasteiger charge is 2.32. The fraction of sp³-hybridized carbons (Fsp3) is 0.231. The summed E-state index contributed by atoms with van der Waals surface area (Å²) in [5.41, 5.74) is 5.86. The molecule has 3 aromatic rings. The number of nitrogens with one attached hydrogen (secondary N) is 1. The van der Waals surface area contributed by atoms with Gasteiger partial charge in [-0.3, -0.25) is 0 Å². The molecule has 0 saturated heterocycles. The average molecular weight is 447 g/mol. The van der Waals surface area contributed by atoms with E-state index in [1.165, 1.54) is 28.3 Å². The first-order valence-electron chi connectivity index (χ1n) is 11.0. The Balaban J connectivity index is 1.40. The van der Waals surface area contributed by atoms with Gasteiger partial charge in [-0.1, -0.05) is 36.4 Å². The number of fused-ring (bicyclic) bond motifs is 1. The second kappa shape index (κ2) is 9.02. The zero-order chi connectivity index (χ0) is 22.8. The number of carbonyl (C=O) groups excluding carboxylic acids is 1. The summed E-state index contributed by atoms with van der Waals surface area (Å²) in [4.78, 5) is 13.0. The van der Waals surface area contributed by atoms with Crippen molar-refractivity contribution in [3.63, 3.8) is 0 Å². The van der Waals surface area contributed by atoms with E-state index in [2.05, 4.69) is 21.2 Å². The van der Waals surface area contributed by atoms with Crippen molar-refractivity contribution < 1.29 is 18.3 Å². The monoisotopic (exact) mass is 447 g/mol. The van der Waals surface area contributed by atoms with Crippen LogP contribution in [0.5, 0.6) is 5.75 Å². The molecular formula is C26H23F2N3O2. The average Bonchev–Trinajstić information content (AvgIpc) is 3.47. The van der Waals surface area contributed by atoms with Gasteiger partial charge in [0.2, 0.25) is 0 Å². The summed E-state index contributed by atoms with van der Waals surface area (Å²) < 4.78 is 29.5. The number of nitrogens with zero attached hydrogens (tertiary/aromatic N) is 2. The number of rotatable bonds is 5. The topological polar surface area (TPSA) is 53.9 Å². The van der Waals surface area contributed by atoms with E-state index in [1.807, 2.05) is 42.5 Å². The van der Waals surface area contributed by atoms with E-state index in [0.29, 0.717) is 12.3 Å². The first-order chi connectivity index (χ1) is 16.1. The molecule has 0 saturated carbocycles. The van der Waals surface area contributed by atoms with Crippen molar-refractivity contribution in [1.29, 1.82) is 0 Å². The van der Waals surface area contributed by atoms with E-state index in [-0.39, 0.29) is 17.7 Å². The van der Waals surface area contributed by atoms with Crippen LogP contribution in [-0.2, 0) is 12.8 Å². The largest absolute Gasteiger partial charge is 0.435 e. The molecule has 1 N–H and O–H groups in total. The molecular weight excluding hydrogens is 424 g/mol. The molecule has 2 aliphatic rings. The van der Waals surface area contributed by atoms with Crippen molar-refractivity contribution in [2.24, 2.45) is 5.10 Å². The van der Waals surface area contributed by atoms with Crippen molar-refractivity contribution in [3.8, 4) is 5.75 Å². The number of anilines is 1. The van der Waals surface area contributed by atoms with Crippen LogP contribution in [0.1, 0.15) is 34.6 Å². The summed E-state index contributed by atoms with van der Waals surface area (Å²) in [5.74, 6) is -0.0614. The molecule has 1 aliphatic carbocycles. The standard InChI is InChI=1S/C26H23F2N3O2/c27-25(28)33-22-13-10-19(11-14-22)24-23(18-5-2-1-3-6-18)16-31(30-24)26(32)29-21-12-9-17-7-4-8-20(17)15-21/h1-3,5-6,9-15,23,25H,4,7-8,16H2,(H,29,32)/t23-/m0/s1. The van der Waals surface area contributed by atoms with E-state index in [9.17, 15) is 13.6 Å². The lowest BCUT2D eigenvalue weighted by Gasteiger charge is -2.16. The minimum atomic E-state index is -2.88. The maximum absolute atomic E-state index is 13.0. The van der Waals surface area contributed by atoms with E-state index in [1.54, 1.807) is 12.1 Å². The summed E-state index contributed by atoms with van der Waals surface area (Å²) in [6.07, 6.45) is 3.27. The number of aryl methyl sites for hydroxylation is 2. The van der Waals surface area contributed by atoms with E-state index < -0.39 is 6.61 Å². The molecule has 1 atom stereocenters. The van der Waals surface area contributed by atoms with E-state index in [0.717, 1.165) is 36.1 Å². The highest BCUT2D eigenvalue weighted by atomic mass is 19.3. The second-order valence-electron chi connectivity index (χ2n) is 8.20. The van der Waals surface area contributed by atoms with Crippen LogP contribution in [0, 0.1) is 0 Å². The smallest absolute Gasteiger partial charge is 0.387 e. The van der Waals surface area contributed by atoms with E-state index in [4.69, 9.17) is 0 Å². The fourth-order valence-electron chi connectivity index (χ4n) is 4.48. The predicted octanol–water partition coefficient (Wildman–Crippen LogP) is 5.81. The summed E-state index contributed by atoms with van der Waals surface area (Å²) in [5, 5.41) is 9.02. The van der Waals surface area contributed by atoms with Gasteiger partial charge in [-0.15, -0.1) is 0 Å². The van der Waals surface area contributed by atoms with Crippen LogP contribution in [0.3, 0.4) is 0 Å². The normalized spacial score (nSPS) is 17.1. The third-order valence-electron chi connectivity index (χ3n) is 6.08. The van der Waals surface area contributed by atoms with Crippen LogP contribution in [0.4, 0.5) is 19.3 Å². The van der Waals surface area contributed by atoms with Gasteiger partial charge >= 0.3 is 12.6 Å². The number of hydrazone groups is 1. The minimum absolute atomic E-state index is 0.0785. The zero-order valence-corrected chi connectivity index (χ0v) is 17.9. The van der Waals surface area contributed by atoms with Gasteiger partial charge in [0.05, 0.1) is 12.3 Å². The Morgan fingerprint density at radius 3 is 2.52 bits per heavy atom. The molecule has 0 fully saturated rings. The Bertz CT molecular complexity index is 1180. The Morgan fingerprint density at radius 1 is 1.00 bits per heavy atom. The van der Waals surface area contributed by atoms with Crippen molar-refractivity contribution in [1.82, 2.24) is 5.01 Å². The predicted molar refractivity (Wildman–Crippen MR) is 123 cm³/mol. The highest BCUT2D eigenvalue weighted by molar-refractivity contribution is 6.08. The molecule has 7 heteroatoms. The molecule has 0 aromatic heterocycles. The van der Waals surface area contributed by atoms with Crippen molar-refractivity contribution in [3.05, 3.63) is 95.1 Å². The van der Waals surface area contributed by atoms with Crippen LogP contribution in [-0.4, -0.2) is 29.9 Å². The summed E-state index contributed by atoms with van der Waals surface area (Å²) in [7, 11) is 0. The zero-order valence-electron chi connectivity index (χ0n) is 17.9. The number of carbonyl (C=O) groups is 1. The number of amides is 2. The molecule has 0 unspecified atom stereocenters. The second-order valence-corrected chi connectivity index (χ2v) is 8.20. The quantitative estimate of drug-likeness (QED) is 0.536. The lowest BCUT2D eigenvalue weighted by molar-refractivity contribution is -0.0498. The molecule has 168 valence electrons. The van der Waals surface area contributed by atoms with Gasteiger partial charge in [-0.25, -0.2) is 9.80 Å². The first kappa shape index (κ1) is 21.1. The Kier molecular flexibility index (Phi) is 5.77. The molecule has 0 radical (unpaired) electrons. The number of halogens is 2. The lowest BCUT2D eigenvalue weighted by atomic mass is 9.90. The Labute approximate surface area is 190 Å². The van der Waals surface area contributed by atoms with Gasteiger partial charge in [-0.2, -0.15) is 13.9 Å². The third kappa shape index (κ3) is 4.58. The summed E-state index contributed by atoms with van der Waals surface area (Å²) >= 11 is 0. The van der Waals surface area contributed by atoms with Crippen LogP contribution in [0.2, 0.25) is 0 Å². The third-order valence-corrected chi connectivity index (χ3v) is 6.08. The SMILES string of the molecule is O=C(Nc1ccc2c(c1)CCC2)N1C[C@@H](c2ccccc2)C(c2ccc(OC(F)F)cc2)=N1. The summed E-state index contributed by atoms with van der Waals surface area (Å²) in [6.45, 7) is -2.50. The molecule has 0 spiro atoms. The number of benzene rings is 3. The lowest BCUT2D eigenvalue weighted by Crippen LogP contribution is -2.30. The van der Waals surface area contributed by atoms with Crippen LogP contribution < -0.4 is 10.1 Å². The maximum atomic E-state index is 13.0. The first-order valence-corrected chi connectivity index (χ1v) is 11.0. The van der Waals surface area contributed by atoms with Crippen molar-refractivity contribution in [2.45, 2.75) is 31.8 Å². The molecule has 5 rings (SSSR count). The van der Waals surface area contributed by atoms with Gasteiger partial charge in [0.1, 0.15) is 5.75 Å². The minimum Gasteiger partial charge on any atom is -0.435 e. The van der Waals surface area contributed by atoms with Crippen LogP contribution >= 0.6 is 0 Å². The van der Waals surface area contributed by atoms with Gasteiger partial charge in [0.25, 0.3) is 0 Å². The molecule has 2 amide bonds. The number of hydrogen-bond donors (Lipinski definition) is 1. The Hall–Kier alpha value is -3.74.